The maximum atomic E-state index is 9.73. The van der Waals surface area contributed by atoms with Crippen LogP contribution in [-0.4, -0.2) is 29.4 Å². The summed E-state index contributed by atoms with van der Waals surface area (Å²) in [6.45, 7) is 1.36. The van der Waals surface area contributed by atoms with Gasteiger partial charge in [-0.05, 0) is 43.9 Å². The van der Waals surface area contributed by atoms with E-state index in [1.54, 1.807) is 18.4 Å². The minimum absolute atomic E-state index is 0.123. The van der Waals surface area contributed by atoms with Gasteiger partial charge < -0.3 is 19.9 Å². The molecule has 0 aliphatic heterocycles. The Bertz CT molecular complexity index is 299. The van der Waals surface area contributed by atoms with E-state index in [0.717, 1.165) is 25.8 Å². The molecule has 4 heteroatoms. The Labute approximate surface area is 95.3 Å². The van der Waals surface area contributed by atoms with E-state index < -0.39 is 6.10 Å². The smallest absolute Gasteiger partial charge is 0.133 e. The van der Waals surface area contributed by atoms with Crippen molar-refractivity contribution in [2.24, 2.45) is 5.92 Å². The highest BCUT2D eigenvalue weighted by molar-refractivity contribution is 5.02. The lowest BCUT2D eigenvalue weighted by Crippen LogP contribution is -2.26. The summed E-state index contributed by atoms with van der Waals surface area (Å²) in [4.78, 5) is 0. The Morgan fingerprint density at radius 2 is 2.38 bits per heavy atom. The zero-order chi connectivity index (χ0) is 11.4. The highest BCUT2D eigenvalue weighted by Gasteiger charge is 2.22. The van der Waals surface area contributed by atoms with Crippen molar-refractivity contribution in [3.63, 3.8) is 0 Å². The van der Waals surface area contributed by atoms with Crippen LogP contribution in [-0.2, 0) is 0 Å². The average molecular weight is 225 g/mol. The van der Waals surface area contributed by atoms with Crippen LogP contribution in [0.5, 0.6) is 0 Å². The third kappa shape index (κ3) is 3.07. The van der Waals surface area contributed by atoms with Crippen molar-refractivity contribution in [1.29, 1.82) is 0 Å². The summed E-state index contributed by atoms with van der Waals surface area (Å²) in [5, 5.41) is 22.3. The van der Waals surface area contributed by atoms with Gasteiger partial charge in [-0.15, -0.1) is 0 Å². The summed E-state index contributed by atoms with van der Waals surface area (Å²) in [6, 6.07) is 3.54. The molecule has 0 radical (unpaired) electrons. The summed E-state index contributed by atoms with van der Waals surface area (Å²) in [5.74, 6) is 1.14. The van der Waals surface area contributed by atoms with Gasteiger partial charge in [-0.3, -0.25) is 0 Å². The SMILES string of the molecule is OC1CCC(CNCC(O)c2ccco2)C1. The molecule has 1 saturated carbocycles. The van der Waals surface area contributed by atoms with E-state index in [4.69, 9.17) is 4.42 Å². The number of hydrogen-bond acceptors (Lipinski definition) is 4. The first-order chi connectivity index (χ1) is 7.75. The normalized spacial score (nSPS) is 27.1. The second kappa shape index (κ2) is 5.48. The fourth-order valence-corrected chi connectivity index (χ4v) is 2.24. The lowest BCUT2D eigenvalue weighted by atomic mass is 10.1. The van der Waals surface area contributed by atoms with Gasteiger partial charge in [-0.1, -0.05) is 0 Å². The molecule has 1 aliphatic rings. The fourth-order valence-electron chi connectivity index (χ4n) is 2.24. The summed E-state index contributed by atoms with van der Waals surface area (Å²) in [6.07, 6.45) is 3.72. The standard InChI is InChI=1S/C12H19NO3/c14-10-4-3-9(6-10)7-13-8-11(15)12-2-1-5-16-12/h1-2,5,9-11,13-15H,3-4,6-8H2. The molecule has 0 bridgehead atoms. The molecule has 1 aromatic rings. The molecular weight excluding hydrogens is 206 g/mol. The Hall–Kier alpha value is -0.840. The molecule has 3 atom stereocenters. The molecule has 1 fully saturated rings. The van der Waals surface area contributed by atoms with Crippen LogP contribution in [0.25, 0.3) is 0 Å². The van der Waals surface area contributed by atoms with Crippen LogP contribution in [0, 0.1) is 5.92 Å². The molecule has 90 valence electrons. The fraction of sp³-hybridized carbons (Fsp3) is 0.667. The molecule has 1 aromatic heterocycles. The molecule has 16 heavy (non-hydrogen) atoms. The van der Waals surface area contributed by atoms with E-state index in [-0.39, 0.29) is 6.10 Å². The van der Waals surface area contributed by atoms with Gasteiger partial charge in [0.15, 0.2) is 0 Å². The predicted molar refractivity (Wildman–Crippen MR) is 59.9 cm³/mol. The van der Waals surface area contributed by atoms with Crippen molar-refractivity contribution in [3.8, 4) is 0 Å². The molecule has 3 N–H and O–H groups in total. The topological polar surface area (TPSA) is 65.6 Å². The van der Waals surface area contributed by atoms with Crippen LogP contribution in [0.2, 0.25) is 0 Å². The highest BCUT2D eigenvalue weighted by atomic mass is 16.4. The molecule has 0 amide bonds. The van der Waals surface area contributed by atoms with Crippen LogP contribution in [0.1, 0.15) is 31.1 Å². The van der Waals surface area contributed by atoms with Gasteiger partial charge in [0.25, 0.3) is 0 Å². The van der Waals surface area contributed by atoms with Crippen LogP contribution in [0.3, 0.4) is 0 Å². The Kier molecular flexibility index (Phi) is 3.98. The summed E-state index contributed by atoms with van der Waals surface area (Å²) >= 11 is 0. The minimum atomic E-state index is -0.582. The van der Waals surface area contributed by atoms with Gasteiger partial charge in [-0.2, -0.15) is 0 Å². The first-order valence-electron chi connectivity index (χ1n) is 5.86. The maximum Gasteiger partial charge on any atom is 0.133 e. The Morgan fingerprint density at radius 3 is 3.00 bits per heavy atom. The van der Waals surface area contributed by atoms with Gasteiger partial charge in [0.2, 0.25) is 0 Å². The summed E-state index contributed by atoms with van der Waals surface area (Å²) < 4.78 is 5.10. The number of aliphatic hydroxyl groups is 2. The minimum Gasteiger partial charge on any atom is -0.467 e. The number of furan rings is 1. The van der Waals surface area contributed by atoms with E-state index in [1.807, 2.05) is 0 Å². The summed E-state index contributed by atoms with van der Waals surface area (Å²) in [5.41, 5.74) is 0. The quantitative estimate of drug-likeness (QED) is 0.701. The van der Waals surface area contributed by atoms with Crippen LogP contribution < -0.4 is 5.32 Å². The van der Waals surface area contributed by atoms with Crippen molar-refractivity contribution in [2.45, 2.75) is 31.5 Å². The number of nitrogens with one attached hydrogen (secondary N) is 1. The Morgan fingerprint density at radius 1 is 1.50 bits per heavy atom. The predicted octanol–water partition coefficient (Wildman–Crippen LogP) is 1.06. The summed E-state index contributed by atoms with van der Waals surface area (Å²) in [7, 11) is 0. The molecule has 1 heterocycles. The lowest BCUT2D eigenvalue weighted by Gasteiger charge is -2.13. The van der Waals surface area contributed by atoms with E-state index in [9.17, 15) is 10.2 Å². The second-order valence-corrected chi connectivity index (χ2v) is 4.52. The molecule has 2 rings (SSSR count). The lowest BCUT2D eigenvalue weighted by molar-refractivity contribution is 0.144. The van der Waals surface area contributed by atoms with Gasteiger partial charge in [-0.25, -0.2) is 0 Å². The van der Waals surface area contributed by atoms with E-state index in [2.05, 4.69) is 5.32 Å². The average Bonchev–Trinajstić information content (AvgIpc) is 2.89. The second-order valence-electron chi connectivity index (χ2n) is 4.52. The van der Waals surface area contributed by atoms with Gasteiger partial charge >= 0.3 is 0 Å². The molecule has 1 aliphatic carbocycles. The van der Waals surface area contributed by atoms with Crippen LogP contribution in [0.15, 0.2) is 22.8 Å². The number of aliphatic hydroxyl groups excluding tert-OH is 2. The third-order valence-corrected chi connectivity index (χ3v) is 3.16. The molecule has 0 spiro atoms. The largest absolute Gasteiger partial charge is 0.467 e. The third-order valence-electron chi connectivity index (χ3n) is 3.16. The first kappa shape index (κ1) is 11.6. The zero-order valence-electron chi connectivity index (χ0n) is 9.30. The van der Waals surface area contributed by atoms with Gasteiger partial charge in [0.1, 0.15) is 11.9 Å². The molecule has 3 unspecified atom stereocenters. The first-order valence-corrected chi connectivity index (χ1v) is 5.86. The van der Waals surface area contributed by atoms with E-state index in [0.29, 0.717) is 18.2 Å². The zero-order valence-corrected chi connectivity index (χ0v) is 9.30. The van der Waals surface area contributed by atoms with Crippen molar-refractivity contribution >= 4 is 0 Å². The molecule has 0 saturated heterocycles. The van der Waals surface area contributed by atoms with Crippen molar-refractivity contribution in [1.82, 2.24) is 5.32 Å². The molecule has 0 aromatic carbocycles. The van der Waals surface area contributed by atoms with Crippen LogP contribution in [0.4, 0.5) is 0 Å². The number of hydrogen-bond donors (Lipinski definition) is 3. The molecule has 4 nitrogen and oxygen atoms in total. The Balaban J connectivity index is 1.64. The van der Waals surface area contributed by atoms with Crippen molar-refractivity contribution in [3.05, 3.63) is 24.2 Å². The van der Waals surface area contributed by atoms with Crippen molar-refractivity contribution < 1.29 is 14.6 Å². The van der Waals surface area contributed by atoms with Gasteiger partial charge in [0.05, 0.1) is 12.4 Å². The van der Waals surface area contributed by atoms with Gasteiger partial charge in [0, 0.05) is 6.54 Å². The van der Waals surface area contributed by atoms with Crippen LogP contribution >= 0.6 is 0 Å². The highest BCUT2D eigenvalue weighted by Crippen LogP contribution is 2.24. The molecular formula is C12H19NO3. The van der Waals surface area contributed by atoms with E-state index >= 15 is 0 Å². The maximum absolute atomic E-state index is 9.73. The number of rotatable bonds is 5. The van der Waals surface area contributed by atoms with E-state index in [1.165, 1.54) is 0 Å². The van der Waals surface area contributed by atoms with Crippen molar-refractivity contribution in [2.75, 3.05) is 13.1 Å². The monoisotopic (exact) mass is 225 g/mol.